The molecule has 0 amide bonds. The quantitative estimate of drug-likeness (QED) is 0.751. The zero-order valence-electron chi connectivity index (χ0n) is 7.52. The van der Waals surface area contributed by atoms with E-state index in [9.17, 15) is 9.59 Å². The smallest absolute Gasteiger partial charge is 0.352 e. The van der Waals surface area contributed by atoms with E-state index in [1.165, 1.54) is 12.3 Å². The van der Waals surface area contributed by atoms with Gasteiger partial charge in [0.05, 0.1) is 0 Å². The van der Waals surface area contributed by atoms with Gasteiger partial charge >= 0.3 is 5.97 Å². The minimum Gasteiger partial charge on any atom is -0.477 e. The first-order chi connectivity index (χ1) is 6.04. The molecule has 0 aliphatic rings. The second-order valence-corrected chi connectivity index (χ2v) is 3.06. The highest BCUT2D eigenvalue weighted by atomic mass is 16.4. The number of carbonyl (C=O) groups is 2. The predicted octanol–water partition coefficient (Wildman–Crippen LogP) is 1.48. The molecule has 4 heteroatoms. The molecule has 1 aromatic heterocycles. The van der Waals surface area contributed by atoms with Crippen molar-refractivity contribution in [1.82, 2.24) is 4.57 Å². The van der Waals surface area contributed by atoms with E-state index in [1.807, 2.05) is 0 Å². The zero-order valence-corrected chi connectivity index (χ0v) is 7.52. The van der Waals surface area contributed by atoms with Crippen molar-refractivity contribution in [2.24, 2.45) is 5.92 Å². The van der Waals surface area contributed by atoms with Crippen LogP contribution in [0, 0.1) is 5.92 Å². The first-order valence-corrected chi connectivity index (χ1v) is 3.99. The largest absolute Gasteiger partial charge is 0.477 e. The van der Waals surface area contributed by atoms with Crippen LogP contribution in [-0.4, -0.2) is 21.6 Å². The lowest BCUT2D eigenvalue weighted by Crippen LogP contribution is -2.20. The van der Waals surface area contributed by atoms with Crippen LogP contribution >= 0.6 is 0 Å². The highest BCUT2D eigenvalue weighted by Gasteiger charge is 2.16. The fourth-order valence-corrected chi connectivity index (χ4v) is 1.03. The predicted molar refractivity (Wildman–Crippen MR) is 46.9 cm³/mol. The Kier molecular flexibility index (Phi) is 2.51. The van der Waals surface area contributed by atoms with Gasteiger partial charge in [0.1, 0.15) is 5.69 Å². The summed E-state index contributed by atoms with van der Waals surface area (Å²) in [6.45, 7) is 3.46. The summed E-state index contributed by atoms with van der Waals surface area (Å²) < 4.78 is 1.16. The Labute approximate surface area is 75.8 Å². The molecular formula is C9H11NO3. The van der Waals surface area contributed by atoms with Gasteiger partial charge < -0.3 is 5.11 Å². The van der Waals surface area contributed by atoms with Gasteiger partial charge in [-0.3, -0.25) is 9.36 Å². The first-order valence-electron chi connectivity index (χ1n) is 3.99. The third kappa shape index (κ3) is 1.77. The molecule has 4 nitrogen and oxygen atoms in total. The summed E-state index contributed by atoms with van der Waals surface area (Å²) in [5.41, 5.74) is 0.0127. The molecule has 0 spiro atoms. The van der Waals surface area contributed by atoms with Gasteiger partial charge in [0.25, 0.3) is 0 Å². The molecule has 0 atom stereocenters. The zero-order chi connectivity index (χ0) is 10.0. The van der Waals surface area contributed by atoms with E-state index in [1.54, 1.807) is 19.9 Å². The second kappa shape index (κ2) is 3.43. The Balaban J connectivity index is 3.08. The Morgan fingerprint density at radius 1 is 1.46 bits per heavy atom. The van der Waals surface area contributed by atoms with Crippen LogP contribution < -0.4 is 0 Å². The average molecular weight is 181 g/mol. The lowest BCUT2D eigenvalue weighted by molar-refractivity contribution is 0.0668. The maximum absolute atomic E-state index is 11.4. The monoisotopic (exact) mass is 181 g/mol. The van der Waals surface area contributed by atoms with Crippen molar-refractivity contribution in [2.75, 3.05) is 0 Å². The lowest BCUT2D eigenvalue weighted by Gasteiger charge is -2.06. The van der Waals surface area contributed by atoms with E-state index in [4.69, 9.17) is 5.11 Å². The third-order valence-electron chi connectivity index (χ3n) is 1.70. The summed E-state index contributed by atoms with van der Waals surface area (Å²) in [6, 6.07) is 2.95. The Bertz CT molecular complexity index is 338. The summed E-state index contributed by atoms with van der Waals surface area (Å²) in [5.74, 6) is -1.49. The van der Waals surface area contributed by atoms with Crippen LogP contribution in [0.2, 0.25) is 0 Å². The molecule has 1 rings (SSSR count). The molecule has 70 valence electrons. The number of rotatable bonds is 2. The average Bonchev–Trinajstić information content (AvgIpc) is 2.50. The number of hydrogen-bond acceptors (Lipinski definition) is 2. The van der Waals surface area contributed by atoms with Crippen LogP contribution in [0.5, 0.6) is 0 Å². The standard InChI is InChI=1S/C9H11NO3/c1-6(2)8(11)10-5-3-4-7(10)9(12)13/h3-6H,1-2H3,(H,12,13). The molecule has 1 N–H and O–H groups in total. The molecule has 0 saturated carbocycles. The van der Waals surface area contributed by atoms with E-state index in [2.05, 4.69) is 0 Å². The van der Waals surface area contributed by atoms with E-state index < -0.39 is 5.97 Å². The molecule has 1 aromatic rings. The third-order valence-corrected chi connectivity index (χ3v) is 1.70. The summed E-state index contributed by atoms with van der Waals surface area (Å²) in [4.78, 5) is 22.1. The summed E-state index contributed by atoms with van der Waals surface area (Å²) in [5, 5.41) is 8.71. The first kappa shape index (κ1) is 9.51. The van der Waals surface area contributed by atoms with Crippen molar-refractivity contribution in [3.8, 4) is 0 Å². The van der Waals surface area contributed by atoms with Crippen LogP contribution in [0.15, 0.2) is 18.3 Å². The molecule has 0 saturated heterocycles. The van der Waals surface area contributed by atoms with Crippen molar-refractivity contribution in [2.45, 2.75) is 13.8 Å². The van der Waals surface area contributed by atoms with Crippen molar-refractivity contribution in [3.63, 3.8) is 0 Å². The molecule has 0 aromatic carbocycles. The maximum atomic E-state index is 11.4. The van der Waals surface area contributed by atoms with Crippen molar-refractivity contribution in [1.29, 1.82) is 0 Å². The van der Waals surface area contributed by atoms with Gasteiger partial charge in [0, 0.05) is 12.1 Å². The molecule has 0 aliphatic carbocycles. The normalized spacial score (nSPS) is 10.4. The fourth-order valence-electron chi connectivity index (χ4n) is 1.03. The SMILES string of the molecule is CC(C)C(=O)n1cccc1C(=O)O. The van der Waals surface area contributed by atoms with Gasteiger partial charge in [0.2, 0.25) is 5.91 Å². The summed E-state index contributed by atoms with van der Waals surface area (Å²) in [7, 11) is 0. The van der Waals surface area contributed by atoms with E-state index >= 15 is 0 Å². The van der Waals surface area contributed by atoms with Crippen LogP contribution in [0.4, 0.5) is 0 Å². The lowest BCUT2D eigenvalue weighted by atomic mass is 10.2. The van der Waals surface area contributed by atoms with E-state index in [0.29, 0.717) is 0 Å². The topological polar surface area (TPSA) is 59.3 Å². The van der Waals surface area contributed by atoms with Crippen molar-refractivity contribution >= 4 is 11.9 Å². The molecule has 0 aliphatic heterocycles. The van der Waals surface area contributed by atoms with Gasteiger partial charge in [0.15, 0.2) is 0 Å². The Morgan fingerprint density at radius 2 is 2.08 bits per heavy atom. The van der Waals surface area contributed by atoms with E-state index in [-0.39, 0.29) is 17.5 Å². The molecule has 1 heterocycles. The minimum absolute atomic E-state index is 0.0127. The maximum Gasteiger partial charge on any atom is 0.352 e. The highest BCUT2D eigenvalue weighted by molar-refractivity contribution is 5.93. The highest BCUT2D eigenvalue weighted by Crippen LogP contribution is 2.06. The van der Waals surface area contributed by atoms with Gasteiger partial charge in [-0.15, -0.1) is 0 Å². The molecule has 13 heavy (non-hydrogen) atoms. The van der Waals surface area contributed by atoms with Crippen molar-refractivity contribution in [3.05, 3.63) is 24.0 Å². The van der Waals surface area contributed by atoms with Gasteiger partial charge in [-0.2, -0.15) is 0 Å². The van der Waals surface area contributed by atoms with E-state index in [0.717, 1.165) is 4.57 Å². The van der Waals surface area contributed by atoms with Gasteiger partial charge in [-0.25, -0.2) is 4.79 Å². The molecule has 0 radical (unpaired) electrons. The Morgan fingerprint density at radius 3 is 2.54 bits per heavy atom. The van der Waals surface area contributed by atoms with Gasteiger partial charge in [-0.1, -0.05) is 13.8 Å². The number of hydrogen-bond donors (Lipinski definition) is 1. The summed E-state index contributed by atoms with van der Waals surface area (Å²) >= 11 is 0. The molecular weight excluding hydrogens is 170 g/mol. The number of aromatic nitrogens is 1. The second-order valence-electron chi connectivity index (χ2n) is 3.06. The van der Waals surface area contributed by atoms with Crippen LogP contribution in [0.25, 0.3) is 0 Å². The number of carboxylic acid groups (broad SMARTS) is 1. The fraction of sp³-hybridized carbons (Fsp3) is 0.333. The Hall–Kier alpha value is -1.58. The number of carboxylic acids is 1. The molecule has 0 bridgehead atoms. The summed E-state index contributed by atoms with van der Waals surface area (Å²) in [6.07, 6.45) is 1.46. The number of aromatic carboxylic acids is 1. The van der Waals surface area contributed by atoms with Crippen LogP contribution in [-0.2, 0) is 0 Å². The van der Waals surface area contributed by atoms with Crippen LogP contribution in [0.1, 0.15) is 29.1 Å². The van der Waals surface area contributed by atoms with Gasteiger partial charge in [-0.05, 0) is 12.1 Å². The minimum atomic E-state index is -1.08. The van der Waals surface area contributed by atoms with Crippen molar-refractivity contribution < 1.29 is 14.7 Å². The van der Waals surface area contributed by atoms with Crippen LogP contribution in [0.3, 0.4) is 0 Å². The number of nitrogens with zero attached hydrogens (tertiary/aromatic N) is 1. The molecule has 0 fully saturated rings. The molecule has 0 unspecified atom stereocenters. The number of carbonyl (C=O) groups excluding carboxylic acids is 1.